The van der Waals surface area contributed by atoms with Gasteiger partial charge in [0.15, 0.2) is 5.78 Å². The molecule has 5 heteroatoms. The van der Waals surface area contributed by atoms with E-state index < -0.39 is 11.8 Å². The fourth-order valence-corrected chi connectivity index (χ4v) is 4.06. The highest BCUT2D eigenvalue weighted by Gasteiger charge is 2.49. The van der Waals surface area contributed by atoms with Crippen molar-refractivity contribution >= 4 is 11.8 Å². The predicted octanol–water partition coefficient (Wildman–Crippen LogP) is 5.91. The molecule has 2 aromatic rings. The molecule has 0 aliphatic heterocycles. The van der Waals surface area contributed by atoms with Crippen LogP contribution in [0.5, 0.6) is 0 Å². The number of hydrogen-bond acceptors (Lipinski definition) is 5. The van der Waals surface area contributed by atoms with E-state index in [0.717, 1.165) is 18.4 Å². The Morgan fingerprint density at radius 1 is 0.933 bits per heavy atom. The lowest BCUT2D eigenvalue weighted by atomic mass is 9.80. The number of fused-ring (bicyclic) bond motifs is 2. The fourth-order valence-electron chi connectivity index (χ4n) is 4.06. The van der Waals surface area contributed by atoms with Gasteiger partial charge >= 0.3 is 5.97 Å². The van der Waals surface area contributed by atoms with Crippen molar-refractivity contribution in [3.05, 3.63) is 70.3 Å². The van der Waals surface area contributed by atoms with Crippen LogP contribution in [0.4, 0.5) is 0 Å². The molecule has 0 fully saturated rings. The van der Waals surface area contributed by atoms with Gasteiger partial charge in [0.1, 0.15) is 0 Å². The lowest BCUT2D eigenvalue weighted by Gasteiger charge is -2.36. The summed E-state index contributed by atoms with van der Waals surface area (Å²) in [6.07, 6.45) is 7.85. The van der Waals surface area contributed by atoms with Gasteiger partial charge < -0.3 is 4.74 Å². The summed E-state index contributed by atoms with van der Waals surface area (Å²) in [7, 11) is 0. The lowest BCUT2D eigenvalue weighted by Crippen LogP contribution is -2.41. The van der Waals surface area contributed by atoms with Gasteiger partial charge in [-0.25, -0.2) is 5.26 Å². The average molecular weight is 411 g/mol. The molecule has 0 radical (unpaired) electrons. The predicted molar refractivity (Wildman–Crippen MR) is 114 cm³/mol. The van der Waals surface area contributed by atoms with Crippen molar-refractivity contribution in [1.82, 2.24) is 0 Å². The van der Waals surface area contributed by atoms with E-state index >= 15 is 0 Å². The molecular weight excluding hydrogens is 380 g/mol. The number of ether oxygens (including phenoxy) is 1. The smallest absolute Gasteiger partial charge is 0.308 e. The zero-order chi connectivity index (χ0) is 21.6. The van der Waals surface area contributed by atoms with Crippen LogP contribution in [0.15, 0.2) is 42.5 Å². The lowest BCUT2D eigenvalue weighted by molar-refractivity contribution is -0.384. The number of carbonyl (C=O) groups excluding carboxylic acids is 2. The van der Waals surface area contributed by atoms with E-state index in [1.165, 1.54) is 25.7 Å². The second kappa shape index (κ2) is 10.0. The van der Waals surface area contributed by atoms with Crippen LogP contribution in [0.3, 0.4) is 0 Å². The minimum Gasteiger partial charge on any atom is -0.421 e. The van der Waals surface area contributed by atoms with E-state index in [1.807, 2.05) is 6.92 Å². The monoisotopic (exact) mass is 410 g/mol. The molecule has 2 aromatic carbocycles. The van der Waals surface area contributed by atoms with Crippen LogP contribution >= 0.6 is 0 Å². The number of hydrogen-bond donors (Lipinski definition) is 1. The van der Waals surface area contributed by atoms with Crippen molar-refractivity contribution in [3.63, 3.8) is 0 Å². The summed E-state index contributed by atoms with van der Waals surface area (Å²) in [6, 6.07) is 12.0. The average Bonchev–Trinajstić information content (AvgIpc) is 2.76. The Hall–Kier alpha value is -2.50. The molecule has 3 rings (SSSR count). The van der Waals surface area contributed by atoms with E-state index in [-0.39, 0.29) is 12.2 Å². The quantitative estimate of drug-likeness (QED) is 0.173. The van der Waals surface area contributed by atoms with E-state index in [9.17, 15) is 14.8 Å². The Morgan fingerprint density at radius 2 is 1.60 bits per heavy atom. The summed E-state index contributed by atoms with van der Waals surface area (Å²) in [4.78, 5) is 30.5. The van der Waals surface area contributed by atoms with Gasteiger partial charge in [-0.2, -0.15) is 4.89 Å². The molecule has 1 N–H and O–H groups in total. The fraction of sp³-hybridized carbons (Fsp3) is 0.440. The van der Waals surface area contributed by atoms with Crippen LogP contribution in [0.1, 0.15) is 90.9 Å². The molecule has 1 aliphatic rings. The SMILES string of the molecule is CCCCCCCCCC(=O)OC1(OO)c2ccccc2C(=O)c2cc(C)ccc21. The van der Waals surface area contributed by atoms with Gasteiger partial charge in [0.2, 0.25) is 0 Å². The van der Waals surface area contributed by atoms with Crippen molar-refractivity contribution in [2.75, 3.05) is 0 Å². The first-order chi connectivity index (χ1) is 14.5. The topological polar surface area (TPSA) is 72.8 Å². The molecule has 0 aromatic heterocycles. The van der Waals surface area contributed by atoms with Crippen LogP contribution in [0.25, 0.3) is 0 Å². The number of benzene rings is 2. The number of aryl methyl sites for hydroxylation is 1. The highest BCUT2D eigenvalue weighted by Crippen LogP contribution is 2.43. The Kier molecular flexibility index (Phi) is 7.40. The van der Waals surface area contributed by atoms with Crippen molar-refractivity contribution in [2.24, 2.45) is 0 Å². The summed E-state index contributed by atoms with van der Waals surface area (Å²) >= 11 is 0. The van der Waals surface area contributed by atoms with Gasteiger partial charge in [0.05, 0.1) is 0 Å². The Morgan fingerprint density at radius 3 is 2.33 bits per heavy atom. The highest BCUT2D eigenvalue weighted by molar-refractivity contribution is 6.13. The minimum absolute atomic E-state index is 0.180. The van der Waals surface area contributed by atoms with E-state index in [4.69, 9.17) is 9.62 Å². The summed E-state index contributed by atoms with van der Waals surface area (Å²) in [5.41, 5.74) is 2.29. The molecule has 5 nitrogen and oxygen atoms in total. The van der Waals surface area contributed by atoms with Crippen LogP contribution in [-0.2, 0) is 20.2 Å². The molecule has 0 heterocycles. The van der Waals surface area contributed by atoms with Crippen molar-refractivity contribution in [2.45, 2.75) is 71.0 Å². The third-order valence-corrected chi connectivity index (χ3v) is 5.67. The maximum absolute atomic E-state index is 13.0. The Labute approximate surface area is 178 Å². The molecule has 0 amide bonds. The van der Waals surface area contributed by atoms with Gasteiger partial charge in [-0.3, -0.25) is 9.59 Å². The number of esters is 1. The summed E-state index contributed by atoms with van der Waals surface area (Å²) < 4.78 is 5.75. The summed E-state index contributed by atoms with van der Waals surface area (Å²) in [6.45, 7) is 4.06. The van der Waals surface area contributed by atoms with Crippen LogP contribution in [0, 0.1) is 6.92 Å². The molecule has 1 atom stereocenters. The Bertz CT molecular complexity index is 904. The van der Waals surface area contributed by atoms with E-state index in [2.05, 4.69) is 6.92 Å². The van der Waals surface area contributed by atoms with E-state index in [0.29, 0.717) is 28.7 Å². The number of ketones is 1. The first-order valence-electron chi connectivity index (χ1n) is 10.8. The molecule has 0 saturated carbocycles. The third-order valence-electron chi connectivity index (χ3n) is 5.67. The maximum atomic E-state index is 13.0. The zero-order valence-electron chi connectivity index (χ0n) is 17.8. The molecule has 1 aliphatic carbocycles. The van der Waals surface area contributed by atoms with Gasteiger partial charge in [-0.15, -0.1) is 0 Å². The molecular formula is C25H30O5. The summed E-state index contributed by atoms with van der Waals surface area (Å²) in [5.74, 6) is -2.49. The second-order valence-electron chi connectivity index (χ2n) is 7.98. The number of carbonyl (C=O) groups is 2. The van der Waals surface area contributed by atoms with Crippen LogP contribution < -0.4 is 0 Å². The van der Waals surface area contributed by atoms with Crippen molar-refractivity contribution < 1.29 is 24.5 Å². The van der Waals surface area contributed by atoms with Crippen molar-refractivity contribution in [3.8, 4) is 0 Å². The number of rotatable bonds is 10. The first kappa shape index (κ1) is 22.2. The molecule has 160 valence electrons. The van der Waals surface area contributed by atoms with Gasteiger partial charge in [0.25, 0.3) is 5.79 Å². The maximum Gasteiger partial charge on any atom is 0.308 e. The van der Waals surface area contributed by atoms with E-state index in [1.54, 1.807) is 42.5 Å². The molecule has 1 unspecified atom stereocenters. The van der Waals surface area contributed by atoms with Crippen molar-refractivity contribution in [1.29, 1.82) is 0 Å². The molecule has 0 bridgehead atoms. The minimum atomic E-state index is -1.84. The van der Waals surface area contributed by atoms with Gasteiger partial charge in [-0.1, -0.05) is 87.4 Å². The first-order valence-corrected chi connectivity index (χ1v) is 10.8. The highest BCUT2D eigenvalue weighted by atomic mass is 17.1. The standard InChI is InChI=1S/C25H30O5/c1-3-4-5-6-7-8-9-14-23(26)29-25(30-28)21-13-11-10-12-19(21)24(27)20-17-18(2)15-16-22(20)25/h10-13,15-17,28H,3-9,14H2,1-2H3. The zero-order valence-corrected chi connectivity index (χ0v) is 17.8. The normalized spacial score (nSPS) is 17.4. The van der Waals surface area contributed by atoms with Crippen LogP contribution in [-0.4, -0.2) is 17.0 Å². The Balaban J connectivity index is 1.79. The third kappa shape index (κ3) is 4.47. The van der Waals surface area contributed by atoms with Gasteiger partial charge in [0, 0.05) is 28.7 Å². The largest absolute Gasteiger partial charge is 0.421 e. The summed E-state index contributed by atoms with van der Waals surface area (Å²) in [5, 5.41) is 9.94. The molecule has 0 saturated heterocycles. The van der Waals surface area contributed by atoms with Crippen LogP contribution in [0.2, 0.25) is 0 Å². The molecule has 30 heavy (non-hydrogen) atoms. The molecule has 0 spiro atoms. The van der Waals surface area contributed by atoms with Gasteiger partial charge in [-0.05, 0) is 19.4 Å². The number of unbranched alkanes of at least 4 members (excludes halogenated alkanes) is 6. The second-order valence-corrected chi connectivity index (χ2v) is 7.98.